The van der Waals surface area contributed by atoms with Crippen LogP contribution in [0, 0.1) is 6.92 Å². The molecule has 0 spiro atoms. The van der Waals surface area contributed by atoms with Crippen molar-refractivity contribution in [2.24, 2.45) is 0 Å². The van der Waals surface area contributed by atoms with Gasteiger partial charge in [-0.25, -0.2) is 0 Å². The number of rotatable bonds is 3. The number of esters is 1. The summed E-state index contributed by atoms with van der Waals surface area (Å²) in [6.45, 7) is 1.93. The number of carbonyl (C=O) groups excluding carboxylic acids is 1. The summed E-state index contributed by atoms with van der Waals surface area (Å²) in [6.07, 6.45) is 0.244. The second-order valence-corrected chi connectivity index (χ2v) is 4.69. The molecular formula is C15H18N2O2. The predicted molar refractivity (Wildman–Crippen MR) is 76.5 cm³/mol. The van der Waals surface area contributed by atoms with Gasteiger partial charge < -0.3 is 9.64 Å². The minimum atomic E-state index is -0.247. The number of nitrogens with zero attached hydrogens (tertiary/aromatic N) is 2. The van der Waals surface area contributed by atoms with Crippen molar-refractivity contribution in [3.63, 3.8) is 0 Å². The van der Waals surface area contributed by atoms with Crippen LogP contribution in [0.25, 0.3) is 10.9 Å². The fraction of sp³-hybridized carbons (Fsp3) is 0.333. The van der Waals surface area contributed by atoms with Crippen molar-refractivity contribution >= 4 is 22.6 Å². The maximum Gasteiger partial charge on any atom is 0.310 e. The van der Waals surface area contributed by atoms with Crippen molar-refractivity contribution < 1.29 is 9.53 Å². The molecule has 0 unspecified atom stereocenters. The Kier molecular flexibility index (Phi) is 3.69. The highest BCUT2D eigenvalue weighted by molar-refractivity contribution is 5.95. The van der Waals surface area contributed by atoms with Gasteiger partial charge in [-0.15, -0.1) is 0 Å². The predicted octanol–water partition coefficient (Wildman–Crippen LogP) is 2.32. The molecule has 4 heteroatoms. The molecular weight excluding hydrogens is 240 g/mol. The number of pyridine rings is 1. The summed E-state index contributed by atoms with van der Waals surface area (Å²) in [5, 5.41) is 1.05. The number of anilines is 1. The zero-order chi connectivity index (χ0) is 14.0. The number of benzene rings is 1. The highest BCUT2D eigenvalue weighted by atomic mass is 16.5. The SMILES string of the molecule is COC(=O)Cc1c(C)nc2ccccc2c1N(C)C. The molecule has 1 aromatic carbocycles. The molecule has 2 rings (SSSR count). The van der Waals surface area contributed by atoms with Crippen LogP contribution in [-0.4, -0.2) is 32.2 Å². The minimum absolute atomic E-state index is 0.244. The van der Waals surface area contributed by atoms with Crippen LogP contribution in [0.1, 0.15) is 11.3 Å². The Hall–Kier alpha value is -2.10. The second kappa shape index (κ2) is 5.26. The highest BCUT2D eigenvalue weighted by Crippen LogP contribution is 2.30. The third-order valence-corrected chi connectivity index (χ3v) is 3.17. The molecule has 100 valence electrons. The lowest BCUT2D eigenvalue weighted by Crippen LogP contribution is -2.16. The van der Waals surface area contributed by atoms with Gasteiger partial charge >= 0.3 is 5.97 Å². The van der Waals surface area contributed by atoms with E-state index >= 15 is 0 Å². The van der Waals surface area contributed by atoms with E-state index < -0.39 is 0 Å². The molecule has 0 bridgehead atoms. The molecule has 19 heavy (non-hydrogen) atoms. The molecule has 4 nitrogen and oxygen atoms in total. The number of hydrogen-bond donors (Lipinski definition) is 0. The van der Waals surface area contributed by atoms with E-state index in [0.29, 0.717) is 0 Å². The zero-order valence-corrected chi connectivity index (χ0v) is 11.7. The summed E-state index contributed by atoms with van der Waals surface area (Å²) in [5.41, 5.74) is 3.77. The Morgan fingerprint density at radius 1 is 1.32 bits per heavy atom. The summed E-state index contributed by atoms with van der Waals surface area (Å²) in [4.78, 5) is 18.2. The van der Waals surface area contributed by atoms with Gasteiger partial charge in [0.15, 0.2) is 0 Å². The number of ether oxygens (including phenoxy) is 1. The first-order valence-corrected chi connectivity index (χ1v) is 6.17. The quantitative estimate of drug-likeness (QED) is 0.792. The average Bonchev–Trinajstić information content (AvgIpc) is 2.38. The molecule has 0 aliphatic heterocycles. The van der Waals surface area contributed by atoms with E-state index in [1.165, 1.54) is 7.11 Å². The Morgan fingerprint density at radius 3 is 2.63 bits per heavy atom. The molecule has 1 heterocycles. The Balaban J connectivity index is 2.70. The number of para-hydroxylation sites is 1. The van der Waals surface area contributed by atoms with Crippen molar-refractivity contribution in [3.8, 4) is 0 Å². The van der Waals surface area contributed by atoms with Crippen LogP contribution >= 0.6 is 0 Å². The van der Waals surface area contributed by atoms with Crippen molar-refractivity contribution in [1.82, 2.24) is 4.98 Å². The third kappa shape index (κ3) is 2.52. The first-order valence-electron chi connectivity index (χ1n) is 6.17. The molecule has 0 atom stereocenters. The van der Waals surface area contributed by atoms with Gasteiger partial charge in [-0.1, -0.05) is 18.2 Å². The largest absolute Gasteiger partial charge is 0.469 e. The lowest BCUT2D eigenvalue weighted by molar-refractivity contribution is -0.139. The van der Waals surface area contributed by atoms with Gasteiger partial charge in [0.05, 0.1) is 24.7 Å². The van der Waals surface area contributed by atoms with Gasteiger partial charge in [-0.05, 0) is 13.0 Å². The number of methoxy groups -OCH3 is 1. The summed E-state index contributed by atoms with van der Waals surface area (Å²) in [6, 6.07) is 7.96. The van der Waals surface area contributed by atoms with Crippen molar-refractivity contribution in [2.75, 3.05) is 26.1 Å². The smallest absolute Gasteiger partial charge is 0.310 e. The van der Waals surface area contributed by atoms with Gasteiger partial charge in [0.25, 0.3) is 0 Å². The molecule has 2 aromatic rings. The highest BCUT2D eigenvalue weighted by Gasteiger charge is 2.17. The van der Waals surface area contributed by atoms with E-state index in [-0.39, 0.29) is 12.4 Å². The van der Waals surface area contributed by atoms with E-state index in [2.05, 4.69) is 4.98 Å². The Labute approximate surface area is 113 Å². The van der Waals surface area contributed by atoms with Crippen molar-refractivity contribution in [3.05, 3.63) is 35.5 Å². The molecule has 0 N–H and O–H groups in total. The molecule has 0 radical (unpaired) electrons. The van der Waals surface area contributed by atoms with Crippen LogP contribution < -0.4 is 4.90 Å². The molecule has 0 aliphatic carbocycles. The molecule has 0 aliphatic rings. The van der Waals surface area contributed by atoms with Crippen molar-refractivity contribution in [1.29, 1.82) is 0 Å². The summed E-state index contributed by atoms with van der Waals surface area (Å²) < 4.78 is 4.77. The van der Waals surface area contributed by atoms with E-state index in [1.807, 2.05) is 50.2 Å². The van der Waals surface area contributed by atoms with E-state index in [4.69, 9.17) is 4.74 Å². The van der Waals surface area contributed by atoms with Crippen LogP contribution in [0.4, 0.5) is 5.69 Å². The second-order valence-electron chi connectivity index (χ2n) is 4.69. The summed E-state index contributed by atoms with van der Waals surface area (Å²) in [5.74, 6) is -0.247. The monoisotopic (exact) mass is 258 g/mol. The number of hydrogen-bond acceptors (Lipinski definition) is 4. The van der Waals surface area contributed by atoms with Crippen LogP contribution in [0.15, 0.2) is 24.3 Å². The fourth-order valence-corrected chi connectivity index (χ4v) is 2.29. The zero-order valence-electron chi connectivity index (χ0n) is 11.7. The van der Waals surface area contributed by atoms with Gasteiger partial charge in [-0.2, -0.15) is 0 Å². The van der Waals surface area contributed by atoms with Gasteiger partial charge in [0.2, 0.25) is 0 Å². The fourth-order valence-electron chi connectivity index (χ4n) is 2.29. The molecule has 0 saturated carbocycles. The maximum atomic E-state index is 11.6. The Morgan fingerprint density at radius 2 is 2.00 bits per heavy atom. The van der Waals surface area contributed by atoms with Crippen LogP contribution in [0.5, 0.6) is 0 Å². The third-order valence-electron chi connectivity index (χ3n) is 3.17. The van der Waals surface area contributed by atoms with E-state index in [0.717, 1.165) is 27.8 Å². The van der Waals surface area contributed by atoms with Gasteiger partial charge in [-0.3, -0.25) is 9.78 Å². The number of aromatic nitrogens is 1. The molecule has 0 amide bonds. The van der Waals surface area contributed by atoms with E-state index in [9.17, 15) is 4.79 Å². The average molecular weight is 258 g/mol. The van der Waals surface area contributed by atoms with Crippen LogP contribution in [-0.2, 0) is 16.0 Å². The summed E-state index contributed by atoms with van der Waals surface area (Å²) >= 11 is 0. The first-order chi connectivity index (χ1) is 9.04. The van der Waals surface area contributed by atoms with Crippen LogP contribution in [0.2, 0.25) is 0 Å². The van der Waals surface area contributed by atoms with Gasteiger partial charge in [0.1, 0.15) is 0 Å². The molecule has 0 saturated heterocycles. The summed E-state index contributed by atoms with van der Waals surface area (Å²) in [7, 11) is 5.35. The topological polar surface area (TPSA) is 42.4 Å². The first kappa shape index (κ1) is 13.3. The lowest BCUT2D eigenvalue weighted by atomic mass is 10.0. The van der Waals surface area contributed by atoms with Crippen LogP contribution in [0.3, 0.4) is 0 Å². The molecule has 1 aromatic heterocycles. The normalized spacial score (nSPS) is 10.5. The van der Waals surface area contributed by atoms with E-state index in [1.54, 1.807) is 0 Å². The Bertz CT molecular complexity index is 621. The number of aryl methyl sites for hydroxylation is 1. The number of carbonyl (C=O) groups is 1. The standard InChI is InChI=1S/C15H18N2O2/c1-10-12(9-14(18)19-4)15(17(2)3)11-7-5-6-8-13(11)16-10/h5-8H,9H2,1-4H3. The number of fused-ring (bicyclic) bond motifs is 1. The molecule has 0 fully saturated rings. The van der Waals surface area contributed by atoms with Crippen molar-refractivity contribution in [2.45, 2.75) is 13.3 Å². The lowest BCUT2D eigenvalue weighted by Gasteiger charge is -2.21. The minimum Gasteiger partial charge on any atom is -0.469 e. The maximum absolute atomic E-state index is 11.6. The van der Waals surface area contributed by atoms with Gasteiger partial charge in [0, 0.05) is 30.7 Å².